The maximum absolute atomic E-state index is 13.6. The molecule has 0 saturated heterocycles. The lowest BCUT2D eigenvalue weighted by molar-refractivity contribution is 0.0722. The van der Waals surface area contributed by atoms with E-state index in [0.29, 0.717) is 33.6 Å². The summed E-state index contributed by atoms with van der Waals surface area (Å²) in [5.74, 6) is 0.435. The molecular formula is C19H16F2N4OS. The highest BCUT2D eigenvalue weighted by Crippen LogP contribution is 2.28. The third-order valence-electron chi connectivity index (χ3n) is 4.34. The number of nitrogens with zero attached hydrogens (tertiary/aromatic N) is 4. The van der Waals surface area contributed by atoms with Crippen LogP contribution in [0.3, 0.4) is 0 Å². The molecule has 138 valence electrons. The smallest absolute Gasteiger partial charge is 0.287 e. The van der Waals surface area contributed by atoms with Crippen LogP contribution in [-0.2, 0) is 12.3 Å². The number of hydrogen-bond acceptors (Lipinski definition) is 4. The number of hydrogen-bond donors (Lipinski definition) is 0. The fourth-order valence-corrected chi connectivity index (χ4v) is 4.07. The summed E-state index contributed by atoms with van der Waals surface area (Å²) in [6, 6.07) is 13.9. The lowest BCUT2D eigenvalue weighted by Gasteiger charge is -2.12. The van der Waals surface area contributed by atoms with Crippen molar-refractivity contribution in [3.8, 4) is 0 Å². The topological polar surface area (TPSA) is 52.7 Å². The van der Waals surface area contributed by atoms with Gasteiger partial charge in [-0.25, -0.2) is 9.97 Å². The van der Waals surface area contributed by atoms with Gasteiger partial charge in [0.2, 0.25) is 0 Å². The standard InChI is InChI=1S/C19H16F2N4OS/c1-2-24-17(26)12-7-3-4-8-13(12)23-19(24)27-11-16-22-14-9-5-6-10-15(14)25(16)18(20)21/h3-10,18H,2,11H2,1H3. The van der Waals surface area contributed by atoms with Crippen LogP contribution in [0.2, 0.25) is 0 Å². The van der Waals surface area contributed by atoms with Gasteiger partial charge in [0.1, 0.15) is 5.82 Å². The van der Waals surface area contributed by atoms with E-state index < -0.39 is 6.55 Å². The molecule has 0 radical (unpaired) electrons. The first kappa shape index (κ1) is 17.7. The zero-order valence-corrected chi connectivity index (χ0v) is 15.3. The number of benzene rings is 2. The summed E-state index contributed by atoms with van der Waals surface area (Å²) in [5.41, 5.74) is 1.38. The van der Waals surface area contributed by atoms with Gasteiger partial charge in [-0.2, -0.15) is 8.78 Å². The van der Waals surface area contributed by atoms with Crippen molar-refractivity contribution in [2.24, 2.45) is 0 Å². The molecule has 4 aromatic rings. The minimum Gasteiger partial charge on any atom is -0.287 e. The molecule has 0 unspecified atom stereocenters. The highest BCUT2D eigenvalue weighted by Gasteiger charge is 2.19. The van der Waals surface area contributed by atoms with Gasteiger partial charge < -0.3 is 0 Å². The summed E-state index contributed by atoms with van der Waals surface area (Å²) in [6.07, 6.45) is 0. The number of rotatable bonds is 5. The van der Waals surface area contributed by atoms with Gasteiger partial charge in [-0.1, -0.05) is 36.0 Å². The van der Waals surface area contributed by atoms with Crippen molar-refractivity contribution in [1.29, 1.82) is 0 Å². The highest BCUT2D eigenvalue weighted by atomic mass is 32.2. The molecule has 0 aliphatic carbocycles. The second-order valence-electron chi connectivity index (χ2n) is 5.91. The van der Waals surface area contributed by atoms with Gasteiger partial charge in [0, 0.05) is 6.54 Å². The Kier molecular flexibility index (Phi) is 4.65. The molecule has 8 heteroatoms. The molecule has 2 aromatic heterocycles. The molecule has 0 N–H and O–H groups in total. The first-order chi connectivity index (χ1) is 13.1. The minimum atomic E-state index is -2.69. The molecule has 0 atom stereocenters. The van der Waals surface area contributed by atoms with Gasteiger partial charge in [0.25, 0.3) is 5.56 Å². The average molecular weight is 386 g/mol. The second-order valence-corrected chi connectivity index (χ2v) is 6.86. The predicted octanol–water partition coefficient (Wildman–Crippen LogP) is 4.45. The van der Waals surface area contributed by atoms with E-state index in [1.165, 1.54) is 11.8 Å². The Balaban J connectivity index is 1.75. The van der Waals surface area contributed by atoms with Crippen LogP contribution in [0.25, 0.3) is 21.9 Å². The molecule has 0 bridgehead atoms. The average Bonchev–Trinajstić information content (AvgIpc) is 3.05. The third-order valence-corrected chi connectivity index (χ3v) is 5.31. The number of thioether (sulfide) groups is 1. The molecule has 0 spiro atoms. The summed E-state index contributed by atoms with van der Waals surface area (Å²) in [5, 5.41) is 1.04. The molecular weight excluding hydrogens is 370 g/mol. The Morgan fingerprint density at radius 3 is 2.48 bits per heavy atom. The van der Waals surface area contributed by atoms with E-state index in [9.17, 15) is 13.6 Å². The molecule has 4 rings (SSSR count). The van der Waals surface area contributed by atoms with Crippen LogP contribution >= 0.6 is 11.8 Å². The molecule has 5 nitrogen and oxygen atoms in total. The maximum Gasteiger partial charge on any atom is 0.320 e. The van der Waals surface area contributed by atoms with Gasteiger partial charge in [-0.3, -0.25) is 13.9 Å². The highest BCUT2D eigenvalue weighted by molar-refractivity contribution is 7.98. The predicted molar refractivity (Wildman–Crippen MR) is 102 cm³/mol. The number of halogens is 2. The summed E-state index contributed by atoms with van der Waals surface area (Å²) in [4.78, 5) is 21.6. The summed E-state index contributed by atoms with van der Waals surface area (Å²) >= 11 is 1.24. The molecule has 0 aliphatic heterocycles. The Hall–Kier alpha value is -2.74. The first-order valence-corrected chi connectivity index (χ1v) is 9.45. The molecule has 0 saturated carbocycles. The number of para-hydroxylation sites is 3. The van der Waals surface area contributed by atoms with Crippen LogP contribution in [0.15, 0.2) is 58.5 Å². The maximum atomic E-state index is 13.6. The fraction of sp³-hybridized carbons (Fsp3) is 0.211. The molecule has 2 heterocycles. The zero-order chi connectivity index (χ0) is 19.0. The molecule has 0 aliphatic rings. The summed E-state index contributed by atoms with van der Waals surface area (Å²) in [6.45, 7) is -0.383. The monoisotopic (exact) mass is 386 g/mol. The number of alkyl halides is 2. The van der Waals surface area contributed by atoms with Gasteiger partial charge in [0.15, 0.2) is 5.16 Å². The molecule has 0 fully saturated rings. The SMILES string of the molecule is CCn1c(SCc2nc3ccccc3n2C(F)F)nc2ccccc2c1=O. The largest absolute Gasteiger partial charge is 0.320 e. The molecule has 27 heavy (non-hydrogen) atoms. The number of aromatic nitrogens is 4. The quantitative estimate of drug-likeness (QED) is 0.376. The van der Waals surface area contributed by atoms with Crippen LogP contribution in [0.5, 0.6) is 0 Å². The van der Waals surface area contributed by atoms with Crippen LogP contribution in [-0.4, -0.2) is 19.1 Å². The first-order valence-electron chi connectivity index (χ1n) is 8.46. The van der Waals surface area contributed by atoms with Crippen molar-refractivity contribution >= 4 is 33.7 Å². The van der Waals surface area contributed by atoms with Crippen LogP contribution < -0.4 is 5.56 Å². The van der Waals surface area contributed by atoms with Crippen molar-refractivity contribution in [2.45, 2.75) is 30.9 Å². The Morgan fingerprint density at radius 2 is 1.74 bits per heavy atom. The van der Waals surface area contributed by atoms with E-state index in [2.05, 4.69) is 9.97 Å². The van der Waals surface area contributed by atoms with E-state index >= 15 is 0 Å². The lowest BCUT2D eigenvalue weighted by Crippen LogP contribution is -2.22. The molecule has 0 amide bonds. The van der Waals surface area contributed by atoms with Crippen molar-refractivity contribution in [2.75, 3.05) is 0 Å². The van der Waals surface area contributed by atoms with E-state index in [1.807, 2.05) is 13.0 Å². The summed E-state index contributed by atoms with van der Waals surface area (Å²) < 4.78 is 29.6. The van der Waals surface area contributed by atoms with E-state index in [4.69, 9.17) is 0 Å². The van der Waals surface area contributed by atoms with Gasteiger partial charge in [-0.15, -0.1) is 0 Å². The summed E-state index contributed by atoms with van der Waals surface area (Å²) in [7, 11) is 0. The number of imidazole rings is 1. The normalized spacial score (nSPS) is 11.7. The molecule has 2 aromatic carbocycles. The fourth-order valence-electron chi connectivity index (χ4n) is 3.08. The van der Waals surface area contributed by atoms with Crippen LogP contribution in [0, 0.1) is 0 Å². The number of fused-ring (bicyclic) bond motifs is 2. The van der Waals surface area contributed by atoms with Crippen molar-refractivity contribution in [3.63, 3.8) is 0 Å². The van der Waals surface area contributed by atoms with E-state index in [-0.39, 0.29) is 17.1 Å². The Labute approximate surface area is 157 Å². The van der Waals surface area contributed by atoms with Crippen molar-refractivity contribution < 1.29 is 8.78 Å². The lowest BCUT2D eigenvalue weighted by atomic mass is 10.2. The van der Waals surface area contributed by atoms with Crippen molar-refractivity contribution in [1.82, 2.24) is 19.1 Å². The third kappa shape index (κ3) is 3.10. The van der Waals surface area contributed by atoms with E-state index in [0.717, 1.165) is 4.57 Å². The van der Waals surface area contributed by atoms with Gasteiger partial charge >= 0.3 is 6.55 Å². The minimum absolute atomic E-state index is 0.132. The Bertz CT molecular complexity index is 1190. The zero-order valence-electron chi connectivity index (χ0n) is 14.5. The second kappa shape index (κ2) is 7.11. The van der Waals surface area contributed by atoms with Crippen molar-refractivity contribution in [3.05, 3.63) is 64.7 Å². The van der Waals surface area contributed by atoms with E-state index in [1.54, 1.807) is 47.0 Å². The Morgan fingerprint density at radius 1 is 1.04 bits per heavy atom. The van der Waals surface area contributed by atoms with Gasteiger partial charge in [-0.05, 0) is 31.2 Å². The van der Waals surface area contributed by atoms with Gasteiger partial charge in [0.05, 0.1) is 27.7 Å². The van der Waals surface area contributed by atoms with Crippen LogP contribution in [0.1, 0.15) is 19.3 Å². The van der Waals surface area contributed by atoms with Crippen LogP contribution in [0.4, 0.5) is 8.78 Å².